The molecule has 166 valence electrons. The summed E-state index contributed by atoms with van der Waals surface area (Å²) < 4.78 is 26.4. The lowest BCUT2D eigenvalue weighted by Crippen LogP contribution is -2.49. The molecule has 2 fully saturated rings. The summed E-state index contributed by atoms with van der Waals surface area (Å²) in [6.07, 6.45) is 1.88. The van der Waals surface area contributed by atoms with E-state index in [1.165, 1.54) is 4.31 Å². The van der Waals surface area contributed by atoms with Crippen LogP contribution in [0.3, 0.4) is 0 Å². The van der Waals surface area contributed by atoms with Crippen molar-refractivity contribution in [3.63, 3.8) is 0 Å². The van der Waals surface area contributed by atoms with Crippen LogP contribution in [0.1, 0.15) is 35.3 Å². The minimum Gasteiger partial charge on any atom is -0.353 e. The van der Waals surface area contributed by atoms with Crippen molar-refractivity contribution in [2.24, 2.45) is 5.41 Å². The molecule has 4 rings (SSSR count). The van der Waals surface area contributed by atoms with Gasteiger partial charge in [0.05, 0.1) is 11.4 Å². The fourth-order valence-electron chi connectivity index (χ4n) is 4.47. The molecule has 1 aromatic heterocycles. The lowest BCUT2D eigenvalue weighted by Gasteiger charge is -2.36. The number of anilines is 2. The first-order chi connectivity index (χ1) is 14.6. The average molecular weight is 443 g/mol. The summed E-state index contributed by atoms with van der Waals surface area (Å²) in [5.41, 5.74) is 3.21. The van der Waals surface area contributed by atoms with Crippen molar-refractivity contribution in [2.75, 3.05) is 47.7 Å². The first kappa shape index (κ1) is 21.6. The van der Waals surface area contributed by atoms with E-state index < -0.39 is 10.0 Å². The number of carbonyl (C=O) groups is 1. The Hall–Kier alpha value is -2.61. The van der Waals surface area contributed by atoms with Crippen molar-refractivity contribution in [3.05, 3.63) is 53.2 Å². The van der Waals surface area contributed by atoms with Crippen molar-refractivity contribution in [2.45, 2.75) is 27.7 Å². The number of pyridine rings is 1. The standard InChI is InChI=1S/C23H30N4O3S/c1-17-13-18(2)21(24-14-17)25-9-11-26(12-10-25)22(28)19-5-7-20(8-6-19)27-15-23(3,4)16-31(27,29)30/h5-8,13-14H,9-12,15-16H2,1-4H3. The van der Waals surface area contributed by atoms with Gasteiger partial charge in [0.2, 0.25) is 10.0 Å². The van der Waals surface area contributed by atoms with Gasteiger partial charge in [0.25, 0.3) is 5.91 Å². The number of hydrogen-bond donors (Lipinski definition) is 0. The number of aromatic nitrogens is 1. The molecule has 1 amide bonds. The number of piperazine rings is 1. The van der Waals surface area contributed by atoms with Crippen LogP contribution in [0.15, 0.2) is 36.5 Å². The smallest absolute Gasteiger partial charge is 0.253 e. The average Bonchev–Trinajstić information content (AvgIpc) is 2.95. The van der Waals surface area contributed by atoms with Crippen LogP contribution < -0.4 is 9.21 Å². The fourth-order valence-corrected chi connectivity index (χ4v) is 6.69. The van der Waals surface area contributed by atoms with Crippen LogP contribution in [0.25, 0.3) is 0 Å². The number of rotatable bonds is 3. The molecule has 0 aliphatic carbocycles. The molecular formula is C23H30N4O3S. The van der Waals surface area contributed by atoms with Crippen molar-refractivity contribution < 1.29 is 13.2 Å². The molecule has 3 heterocycles. The van der Waals surface area contributed by atoms with Gasteiger partial charge in [-0.3, -0.25) is 9.10 Å². The highest BCUT2D eigenvalue weighted by Gasteiger charge is 2.41. The second-order valence-electron chi connectivity index (χ2n) is 9.41. The Labute approximate surface area is 184 Å². The first-order valence-electron chi connectivity index (χ1n) is 10.6. The number of benzene rings is 1. The molecule has 0 spiro atoms. The quantitative estimate of drug-likeness (QED) is 0.731. The van der Waals surface area contributed by atoms with Crippen LogP contribution in [0.4, 0.5) is 11.5 Å². The van der Waals surface area contributed by atoms with Gasteiger partial charge in [0.15, 0.2) is 0 Å². The molecule has 0 atom stereocenters. The van der Waals surface area contributed by atoms with Crippen molar-refractivity contribution in [3.8, 4) is 0 Å². The van der Waals surface area contributed by atoms with Crippen molar-refractivity contribution in [1.29, 1.82) is 0 Å². The van der Waals surface area contributed by atoms with E-state index in [0.29, 0.717) is 30.9 Å². The second kappa shape index (κ2) is 7.82. The maximum absolute atomic E-state index is 13.0. The third-order valence-electron chi connectivity index (χ3n) is 5.94. The third-order valence-corrected chi connectivity index (χ3v) is 8.09. The van der Waals surface area contributed by atoms with E-state index in [-0.39, 0.29) is 17.1 Å². The fraction of sp³-hybridized carbons (Fsp3) is 0.478. The predicted molar refractivity (Wildman–Crippen MR) is 123 cm³/mol. The molecule has 2 saturated heterocycles. The number of nitrogens with zero attached hydrogens (tertiary/aromatic N) is 4. The number of sulfonamides is 1. The van der Waals surface area contributed by atoms with Gasteiger partial charge in [-0.25, -0.2) is 13.4 Å². The zero-order valence-corrected chi connectivity index (χ0v) is 19.4. The molecule has 2 aromatic rings. The first-order valence-corrected chi connectivity index (χ1v) is 12.2. The number of hydrogen-bond acceptors (Lipinski definition) is 5. The number of amides is 1. The molecule has 7 nitrogen and oxygen atoms in total. The summed E-state index contributed by atoms with van der Waals surface area (Å²) >= 11 is 0. The van der Waals surface area contributed by atoms with Gasteiger partial charge in [-0.1, -0.05) is 19.9 Å². The van der Waals surface area contributed by atoms with Crippen LogP contribution in [-0.4, -0.2) is 62.7 Å². The van der Waals surface area contributed by atoms with E-state index in [0.717, 1.165) is 30.0 Å². The van der Waals surface area contributed by atoms with Gasteiger partial charge in [0, 0.05) is 44.5 Å². The van der Waals surface area contributed by atoms with Gasteiger partial charge >= 0.3 is 0 Å². The van der Waals surface area contributed by atoms with Crippen LogP contribution >= 0.6 is 0 Å². The zero-order chi connectivity index (χ0) is 22.4. The van der Waals surface area contributed by atoms with Crippen molar-refractivity contribution >= 4 is 27.4 Å². The Morgan fingerprint density at radius 2 is 1.68 bits per heavy atom. The summed E-state index contributed by atoms with van der Waals surface area (Å²) in [4.78, 5) is 21.6. The zero-order valence-electron chi connectivity index (χ0n) is 18.6. The van der Waals surface area contributed by atoms with Crippen molar-refractivity contribution in [1.82, 2.24) is 9.88 Å². The van der Waals surface area contributed by atoms with Crippen LogP contribution in [-0.2, 0) is 10.0 Å². The molecule has 1 aromatic carbocycles. The van der Waals surface area contributed by atoms with Gasteiger partial charge in [0.1, 0.15) is 5.82 Å². The van der Waals surface area contributed by atoms with E-state index in [1.807, 2.05) is 31.9 Å². The maximum atomic E-state index is 13.0. The monoisotopic (exact) mass is 442 g/mol. The highest BCUT2D eigenvalue weighted by atomic mass is 32.2. The Bertz CT molecular complexity index is 1090. The summed E-state index contributed by atoms with van der Waals surface area (Å²) in [5.74, 6) is 1.10. The van der Waals surface area contributed by atoms with E-state index in [1.54, 1.807) is 24.3 Å². The summed E-state index contributed by atoms with van der Waals surface area (Å²) in [6, 6.07) is 9.07. The largest absolute Gasteiger partial charge is 0.353 e. The molecule has 2 aliphatic heterocycles. The summed E-state index contributed by atoms with van der Waals surface area (Å²) in [7, 11) is -3.31. The van der Waals surface area contributed by atoms with Gasteiger partial charge in [-0.15, -0.1) is 0 Å². The highest BCUT2D eigenvalue weighted by molar-refractivity contribution is 7.93. The molecule has 2 aliphatic rings. The predicted octanol–water partition coefficient (Wildman–Crippen LogP) is 2.84. The Kier molecular flexibility index (Phi) is 5.45. The molecule has 0 radical (unpaired) electrons. The molecular weight excluding hydrogens is 412 g/mol. The van der Waals surface area contributed by atoms with Crippen LogP contribution in [0, 0.1) is 19.3 Å². The van der Waals surface area contributed by atoms with Crippen LogP contribution in [0.2, 0.25) is 0 Å². The molecule has 0 bridgehead atoms. The normalized spacial score (nSPS) is 20.2. The summed E-state index contributed by atoms with van der Waals surface area (Å²) in [5, 5.41) is 0. The lowest BCUT2D eigenvalue weighted by atomic mass is 9.96. The van der Waals surface area contributed by atoms with Crippen LogP contribution in [0.5, 0.6) is 0 Å². The summed E-state index contributed by atoms with van der Waals surface area (Å²) in [6.45, 7) is 11.2. The molecule has 31 heavy (non-hydrogen) atoms. The number of carbonyl (C=O) groups excluding carboxylic acids is 1. The highest BCUT2D eigenvalue weighted by Crippen LogP contribution is 2.34. The Balaban J connectivity index is 1.42. The molecule has 0 N–H and O–H groups in total. The second-order valence-corrected chi connectivity index (χ2v) is 11.3. The van der Waals surface area contributed by atoms with Gasteiger partial charge in [-0.2, -0.15) is 0 Å². The van der Waals surface area contributed by atoms with E-state index >= 15 is 0 Å². The Morgan fingerprint density at radius 3 is 2.23 bits per heavy atom. The molecule has 0 saturated carbocycles. The molecule has 8 heteroatoms. The van der Waals surface area contributed by atoms with Gasteiger partial charge in [-0.05, 0) is 54.7 Å². The SMILES string of the molecule is Cc1cnc(N2CCN(C(=O)c3ccc(N4CC(C)(C)CS4(=O)=O)cc3)CC2)c(C)c1. The minimum absolute atomic E-state index is 0.0237. The Morgan fingerprint density at radius 1 is 1.03 bits per heavy atom. The van der Waals surface area contributed by atoms with E-state index in [4.69, 9.17) is 0 Å². The minimum atomic E-state index is -3.31. The lowest BCUT2D eigenvalue weighted by molar-refractivity contribution is 0.0746. The third kappa shape index (κ3) is 4.39. The molecule has 0 unspecified atom stereocenters. The van der Waals surface area contributed by atoms with E-state index in [9.17, 15) is 13.2 Å². The maximum Gasteiger partial charge on any atom is 0.253 e. The number of aryl methyl sites for hydroxylation is 2. The van der Waals surface area contributed by atoms with E-state index in [2.05, 4.69) is 22.9 Å². The topological polar surface area (TPSA) is 73.8 Å². The van der Waals surface area contributed by atoms with Gasteiger partial charge < -0.3 is 9.80 Å².